The normalized spacial score (nSPS) is 20.5. The van der Waals surface area contributed by atoms with Gasteiger partial charge in [0.05, 0.1) is 49.8 Å². The van der Waals surface area contributed by atoms with Gasteiger partial charge in [-0.1, -0.05) is 0 Å². The molecule has 2 aliphatic heterocycles. The molecule has 4 heterocycles. The molecule has 1 saturated heterocycles. The molecular weight excluding hydrogens is 405 g/mol. The van der Waals surface area contributed by atoms with Crippen LogP contribution in [0.25, 0.3) is 5.65 Å². The summed E-state index contributed by atoms with van der Waals surface area (Å²) >= 11 is 0. The molecule has 0 aliphatic carbocycles. The standard InChI is InChI=1S/C21H22FN5O4/c1-21(12-28)8-13-6-16(17(7-18(13)31-21)26-2-4-30-5-3-26)25-20(29)15-10-24-27-11-14(22)9-23-19(15)27/h6-7,9-11,28H,2-5,8,12H2,1H3,(H,25,29)/t21-/m0/s1. The molecule has 0 saturated carbocycles. The van der Waals surface area contributed by atoms with Gasteiger partial charge in [0.1, 0.15) is 16.9 Å². The van der Waals surface area contributed by atoms with Gasteiger partial charge in [0, 0.05) is 31.1 Å². The predicted molar refractivity (Wildman–Crippen MR) is 110 cm³/mol. The van der Waals surface area contributed by atoms with E-state index in [1.165, 1.54) is 16.9 Å². The van der Waals surface area contributed by atoms with E-state index in [9.17, 15) is 14.3 Å². The van der Waals surface area contributed by atoms with Gasteiger partial charge in [-0.05, 0) is 13.0 Å². The highest BCUT2D eigenvalue weighted by Gasteiger charge is 2.35. The summed E-state index contributed by atoms with van der Waals surface area (Å²) in [6.45, 7) is 4.27. The molecule has 9 nitrogen and oxygen atoms in total. The summed E-state index contributed by atoms with van der Waals surface area (Å²) in [6, 6.07) is 3.79. The number of halogens is 1. The number of fused-ring (bicyclic) bond motifs is 2. The molecule has 2 aliphatic rings. The Labute approximate surface area is 177 Å². The van der Waals surface area contributed by atoms with Crippen LogP contribution in [0.4, 0.5) is 15.8 Å². The predicted octanol–water partition coefficient (Wildman–Crippen LogP) is 1.64. The fourth-order valence-corrected chi connectivity index (χ4v) is 4.01. The van der Waals surface area contributed by atoms with Crippen molar-refractivity contribution in [1.82, 2.24) is 14.6 Å². The highest BCUT2D eigenvalue weighted by atomic mass is 19.1. The average molecular weight is 427 g/mol. The smallest absolute Gasteiger partial charge is 0.261 e. The van der Waals surface area contributed by atoms with Crippen LogP contribution in [-0.4, -0.2) is 64.1 Å². The zero-order chi connectivity index (χ0) is 21.6. The summed E-state index contributed by atoms with van der Waals surface area (Å²) in [5.74, 6) is -0.237. The third-order valence-electron chi connectivity index (χ3n) is 5.60. The number of rotatable bonds is 4. The second-order valence-corrected chi connectivity index (χ2v) is 8.02. The molecule has 2 aromatic heterocycles. The number of carbonyl (C=O) groups is 1. The fourth-order valence-electron chi connectivity index (χ4n) is 4.01. The Morgan fingerprint density at radius 2 is 2.13 bits per heavy atom. The molecule has 0 unspecified atom stereocenters. The Balaban J connectivity index is 1.51. The minimum absolute atomic E-state index is 0.110. The van der Waals surface area contributed by atoms with E-state index in [2.05, 4.69) is 20.3 Å². The van der Waals surface area contributed by atoms with Crippen LogP contribution in [0.15, 0.2) is 30.7 Å². The summed E-state index contributed by atoms with van der Waals surface area (Å²) in [7, 11) is 0. The van der Waals surface area contributed by atoms with Crippen LogP contribution in [0.2, 0.25) is 0 Å². The topological polar surface area (TPSA) is 101 Å². The fraction of sp³-hybridized carbons (Fsp3) is 0.381. The third-order valence-corrected chi connectivity index (χ3v) is 5.60. The molecule has 10 heteroatoms. The van der Waals surface area contributed by atoms with Crippen LogP contribution in [0, 0.1) is 5.82 Å². The van der Waals surface area contributed by atoms with Crippen molar-refractivity contribution < 1.29 is 23.8 Å². The van der Waals surface area contributed by atoms with Gasteiger partial charge in [-0.15, -0.1) is 0 Å². The number of hydrogen-bond donors (Lipinski definition) is 2. The van der Waals surface area contributed by atoms with Gasteiger partial charge in [0.25, 0.3) is 5.91 Å². The molecule has 3 aromatic rings. The van der Waals surface area contributed by atoms with Crippen molar-refractivity contribution in [2.24, 2.45) is 0 Å². The van der Waals surface area contributed by atoms with Crippen molar-refractivity contribution in [1.29, 1.82) is 0 Å². The minimum atomic E-state index is -0.691. The molecule has 0 radical (unpaired) electrons. The number of benzene rings is 1. The van der Waals surface area contributed by atoms with Crippen LogP contribution >= 0.6 is 0 Å². The molecule has 162 valence electrons. The lowest BCUT2D eigenvalue weighted by molar-refractivity contribution is 0.0446. The van der Waals surface area contributed by atoms with Gasteiger partial charge in [0.2, 0.25) is 0 Å². The number of aliphatic hydroxyl groups excluding tert-OH is 1. The number of aliphatic hydroxyl groups is 1. The Hall–Kier alpha value is -3.24. The van der Waals surface area contributed by atoms with Crippen molar-refractivity contribution in [3.63, 3.8) is 0 Å². The summed E-state index contributed by atoms with van der Waals surface area (Å²) in [4.78, 5) is 19.2. The summed E-state index contributed by atoms with van der Waals surface area (Å²) in [5.41, 5.74) is 2.16. The molecule has 2 N–H and O–H groups in total. The van der Waals surface area contributed by atoms with E-state index in [1.807, 2.05) is 19.1 Å². The van der Waals surface area contributed by atoms with E-state index in [4.69, 9.17) is 9.47 Å². The molecule has 1 aromatic carbocycles. The Morgan fingerprint density at radius 1 is 1.32 bits per heavy atom. The van der Waals surface area contributed by atoms with Crippen LogP contribution < -0.4 is 15.0 Å². The molecular formula is C21H22FN5O4. The summed E-state index contributed by atoms with van der Waals surface area (Å²) < 4.78 is 26.1. The van der Waals surface area contributed by atoms with Crippen molar-refractivity contribution in [3.05, 3.63) is 47.7 Å². The number of anilines is 2. The Bertz CT molecular complexity index is 1160. The largest absolute Gasteiger partial charge is 0.484 e. The van der Waals surface area contributed by atoms with Crippen LogP contribution in [0.5, 0.6) is 5.75 Å². The SMILES string of the molecule is C[C@@]1(CO)Cc2cc(NC(=O)c3cnn4cc(F)cnc34)c(N3CCOCC3)cc2O1. The van der Waals surface area contributed by atoms with E-state index in [-0.39, 0.29) is 17.8 Å². The van der Waals surface area contributed by atoms with Crippen molar-refractivity contribution in [3.8, 4) is 5.75 Å². The average Bonchev–Trinajstić information content (AvgIpc) is 3.33. The van der Waals surface area contributed by atoms with E-state index >= 15 is 0 Å². The maximum Gasteiger partial charge on any atom is 0.261 e. The molecule has 0 spiro atoms. The van der Waals surface area contributed by atoms with E-state index in [0.717, 1.165) is 17.4 Å². The summed E-state index contributed by atoms with van der Waals surface area (Å²) in [6.07, 6.45) is 4.11. The molecule has 31 heavy (non-hydrogen) atoms. The zero-order valence-corrected chi connectivity index (χ0v) is 17.0. The second kappa shape index (κ2) is 7.47. The first-order chi connectivity index (χ1) is 15.0. The number of carbonyl (C=O) groups excluding carboxylic acids is 1. The maximum atomic E-state index is 13.4. The van der Waals surface area contributed by atoms with Crippen LogP contribution in [0.3, 0.4) is 0 Å². The van der Waals surface area contributed by atoms with Gasteiger partial charge in [-0.3, -0.25) is 4.79 Å². The number of nitrogens with one attached hydrogen (secondary N) is 1. The molecule has 5 rings (SSSR count). The van der Waals surface area contributed by atoms with Gasteiger partial charge >= 0.3 is 0 Å². The molecule has 1 fully saturated rings. The number of ether oxygens (including phenoxy) is 2. The zero-order valence-electron chi connectivity index (χ0n) is 17.0. The maximum absolute atomic E-state index is 13.4. The van der Waals surface area contributed by atoms with Crippen molar-refractivity contribution in [2.75, 3.05) is 43.1 Å². The molecule has 1 atom stereocenters. The highest BCUT2D eigenvalue weighted by molar-refractivity contribution is 6.09. The summed E-state index contributed by atoms with van der Waals surface area (Å²) in [5, 5.41) is 16.7. The first kappa shape index (κ1) is 19.7. The number of nitrogens with zero attached hydrogens (tertiary/aromatic N) is 4. The number of amides is 1. The molecule has 1 amide bonds. The number of morpholine rings is 1. The minimum Gasteiger partial charge on any atom is -0.484 e. The first-order valence-corrected chi connectivity index (χ1v) is 10.1. The lowest BCUT2D eigenvalue weighted by Gasteiger charge is -2.31. The monoisotopic (exact) mass is 427 g/mol. The number of aromatic nitrogens is 3. The van der Waals surface area contributed by atoms with Gasteiger partial charge < -0.3 is 24.8 Å². The third kappa shape index (κ3) is 3.57. The Morgan fingerprint density at radius 3 is 2.90 bits per heavy atom. The van der Waals surface area contributed by atoms with Gasteiger partial charge in [0.15, 0.2) is 11.5 Å². The van der Waals surface area contributed by atoms with Gasteiger partial charge in [-0.2, -0.15) is 5.10 Å². The van der Waals surface area contributed by atoms with E-state index in [0.29, 0.717) is 44.2 Å². The second-order valence-electron chi connectivity index (χ2n) is 8.02. The first-order valence-electron chi connectivity index (χ1n) is 10.1. The molecule has 0 bridgehead atoms. The van der Waals surface area contributed by atoms with Crippen molar-refractivity contribution >= 4 is 22.9 Å². The van der Waals surface area contributed by atoms with E-state index < -0.39 is 17.3 Å². The highest BCUT2D eigenvalue weighted by Crippen LogP contribution is 2.42. The van der Waals surface area contributed by atoms with Crippen LogP contribution in [0.1, 0.15) is 22.8 Å². The number of hydrogen-bond acceptors (Lipinski definition) is 7. The lowest BCUT2D eigenvalue weighted by Crippen LogP contribution is -2.36. The van der Waals surface area contributed by atoms with Crippen LogP contribution in [-0.2, 0) is 11.2 Å². The van der Waals surface area contributed by atoms with Crippen molar-refractivity contribution in [2.45, 2.75) is 18.9 Å². The Kier molecular flexibility index (Phi) is 4.75. The van der Waals surface area contributed by atoms with Gasteiger partial charge in [-0.25, -0.2) is 13.9 Å². The quantitative estimate of drug-likeness (QED) is 0.653. The van der Waals surface area contributed by atoms with E-state index in [1.54, 1.807) is 0 Å². The lowest BCUT2D eigenvalue weighted by atomic mass is 9.99.